The van der Waals surface area contributed by atoms with Gasteiger partial charge in [0.05, 0.1) is 0 Å². The molecule has 2 rings (SSSR count). The van der Waals surface area contributed by atoms with Crippen LogP contribution in [0.5, 0.6) is 0 Å². The molecular formula is C20H28ClN3O. The zero-order valence-electron chi connectivity index (χ0n) is 15.0. The first-order chi connectivity index (χ1) is 11.7. The van der Waals surface area contributed by atoms with Gasteiger partial charge in [-0.1, -0.05) is 30.3 Å². The molecular weight excluding hydrogens is 334 g/mol. The number of halogens is 1. The third-order valence-corrected chi connectivity index (χ3v) is 3.95. The molecule has 0 saturated heterocycles. The third kappa shape index (κ3) is 6.77. The molecule has 0 heterocycles. The van der Waals surface area contributed by atoms with Gasteiger partial charge in [0.2, 0.25) is 5.91 Å². The fourth-order valence-electron chi connectivity index (χ4n) is 2.63. The fourth-order valence-corrected chi connectivity index (χ4v) is 2.63. The minimum Gasteiger partial charge on any atom is -0.352 e. The first-order valence-corrected chi connectivity index (χ1v) is 8.57. The van der Waals surface area contributed by atoms with Crippen LogP contribution in [0.3, 0.4) is 0 Å². The van der Waals surface area contributed by atoms with Crippen molar-refractivity contribution >= 4 is 29.7 Å². The molecule has 5 heteroatoms. The van der Waals surface area contributed by atoms with Gasteiger partial charge in [-0.2, -0.15) is 0 Å². The lowest BCUT2D eigenvalue weighted by molar-refractivity contribution is -0.121. The van der Waals surface area contributed by atoms with E-state index in [2.05, 4.69) is 71.0 Å². The van der Waals surface area contributed by atoms with Crippen molar-refractivity contribution < 1.29 is 4.79 Å². The molecule has 0 aromatic heterocycles. The lowest BCUT2D eigenvalue weighted by Crippen LogP contribution is -2.23. The molecule has 136 valence electrons. The van der Waals surface area contributed by atoms with Crippen molar-refractivity contribution in [2.45, 2.75) is 26.3 Å². The number of nitrogens with zero attached hydrogens (tertiary/aromatic N) is 1. The van der Waals surface area contributed by atoms with Crippen molar-refractivity contribution in [1.29, 1.82) is 0 Å². The number of benzene rings is 2. The maximum Gasteiger partial charge on any atom is 0.220 e. The van der Waals surface area contributed by atoms with Gasteiger partial charge in [0, 0.05) is 30.9 Å². The second kappa shape index (κ2) is 11.5. The number of carbonyl (C=O) groups excluding carboxylic acids is 1. The normalized spacial score (nSPS) is 10.0. The van der Waals surface area contributed by atoms with Crippen LogP contribution in [0.4, 0.5) is 11.4 Å². The number of nitrogens with one attached hydrogen (secondary N) is 2. The van der Waals surface area contributed by atoms with Crippen molar-refractivity contribution in [2.24, 2.45) is 0 Å². The molecule has 0 atom stereocenters. The number of hydrogen-bond acceptors (Lipinski definition) is 3. The highest BCUT2D eigenvalue weighted by Gasteiger charge is 2.07. The van der Waals surface area contributed by atoms with E-state index in [1.54, 1.807) is 0 Å². The van der Waals surface area contributed by atoms with Crippen molar-refractivity contribution in [2.75, 3.05) is 25.0 Å². The molecule has 0 radical (unpaired) electrons. The maximum atomic E-state index is 11.8. The van der Waals surface area contributed by atoms with E-state index in [4.69, 9.17) is 0 Å². The average Bonchev–Trinajstić information content (AvgIpc) is 2.63. The summed E-state index contributed by atoms with van der Waals surface area (Å²) in [5, 5.41) is 6.02. The van der Waals surface area contributed by atoms with E-state index in [1.165, 1.54) is 5.69 Å². The minimum atomic E-state index is 0. The van der Waals surface area contributed by atoms with Gasteiger partial charge in [0.1, 0.15) is 0 Å². The minimum absolute atomic E-state index is 0. The number of amides is 1. The van der Waals surface area contributed by atoms with Crippen LogP contribution >= 0.6 is 12.4 Å². The summed E-state index contributed by atoms with van der Waals surface area (Å²) in [6.45, 7) is 4.50. The van der Waals surface area contributed by atoms with E-state index >= 15 is 0 Å². The number of carbonyl (C=O) groups is 1. The van der Waals surface area contributed by atoms with E-state index in [1.807, 2.05) is 13.1 Å². The van der Waals surface area contributed by atoms with Crippen LogP contribution in [0.15, 0.2) is 54.6 Å². The summed E-state index contributed by atoms with van der Waals surface area (Å²) in [5.41, 5.74) is 3.46. The van der Waals surface area contributed by atoms with Gasteiger partial charge < -0.3 is 15.5 Å². The first kappa shape index (κ1) is 21.0. The molecule has 0 spiro atoms. The van der Waals surface area contributed by atoms with Crippen LogP contribution < -0.4 is 15.5 Å². The molecule has 0 fully saturated rings. The standard InChI is InChI=1S/C20H27N3O.ClH/c1-3-23(18-8-5-4-6-9-18)19-13-11-17(12-14-19)16-22-20(24)10-7-15-21-2;/h4-6,8-9,11-14,21H,3,7,10,15-16H2,1-2H3,(H,22,24);1H. The van der Waals surface area contributed by atoms with Crippen LogP contribution in [0.1, 0.15) is 25.3 Å². The summed E-state index contributed by atoms with van der Waals surface area (Å²) in [6, 6.07) is 18.7. The second-order valence-electron chi connectivity index (χ2n) is 5.73. The van der Waals surface area contributed by atoms with Gasteiger partial charge in [-0.05, 0) is 56.8 Å². The molecule has 25 heavy (non-hydrogen) atoms. The van der Waals surface area contributed by atoms with Gasteiger partial charge in [-0.25, -0.2) is 0 Å². The van der Waals surface area contributed by atoms with E-state index in [0.717, 1.165) is 30.8 Å². The molecule has 0 aliphatic rings. The monoisotopic (exact) mass is 361 g/mol. The molecule has 2 aromatic rings. The van der Waals surface area contributed by atoms with Crippen LogP contribution in [0, 0.1) is 0 Å². The van der Waals surface area contributed by atoms with E-state index in [-0.39, 0.29) is 18.3 Å². The van der Waals surface area contributed by atoms with E-state index < -0.39 is 0 Å². The van der Waals surface area contributed by atoms with Crippen molar-refractivity contribution in [3.05, 3.63) is 60.2 Å². The molecule has 2 aromatic carbocycles. The number of rotatable bonds is 9. The Morgan fingerprint density at radius 1 is 1.00 bits per heavy atom. The quantitative estimate of drug-likeness (QED) is 0.666. The Morgan fingerprint density at radius 2 is 1.64 bits per heavy atom. The predicted octanol–water partition coefficient (Wildman–Crippen LogP) is 3.88. The number of para-hydroxylation sites is 1. The van der Waals surface area contributed by atoms with Crippen molar-refractivity contribution in [3.8, 4) is 0 Å². The van der Waals surface area contributed by atoms with Crippen molar-refractivity contribution in [3.63, 3.8) is 0 Å². The Balaban J connectivity index is 0.00000312. The Bertz CT molecular complexity index is 617. The fraction of sp³-hybridized carbons (Fsp3) is 0.350. The molecule has 0 unspecified atom stereocenters. The summed E-state index contributed by atoms with van der Waals surface area (Å²) in [4.78, 5) is 14.0. The topological polar surface area (TPSA) is 44.4 Å². The molecule has 4 nitrogen and oxygen atoms in total. The van der Waals surface area contributed by atoms with Gasteiger partial charge >= 0.3 is 0 Å². The maximum absolute atomic E-state index is 11.8. The van der Waals surface area contributed by atoms with Gasteiger partial charge in [0.25, 0.3) is 0 Å². The Hall–Kier alpha value is -2.04. The summed E-state index contributed by atoms with van der Waals surface area (Å²) >= 11 is 0. The summed E-state index contributed by atoms with van der Waals surface area (Å²) in [6.07, 6.45) is 1.43. The van der Waals surface area contributed by atoms with Crippen molar-refractivity contribution in [1.82, 2.24) is 10.6 Å². The van der Waals surface area contributed by atoms with Crippen LogP contribution in [-0.2, 0) is 11.3 Å². The Labute approximate surface area is 157 Å². The zero-order valence-corrected chi connectivity index (χ0v) is 15.8. The van der Waals surface area contributed by atoms with Gasteiger partial charge in [-0.15, -0.1) is 12.4 Å². The highest BCUT2D eigenvalue weighted by Crippen LogP contribution is 2.24. The molecule has 0 aliphatic carbocycles. The largest absolute Gasteiger partial charge is 0.352 e. The molecule has 0 aliphatic heterocycles. The first-order valence-electron chi connectivity index (χ1n) is 8.57. The van der Waals surface area contributed by atoms with Gasteiger partial charge in [-0.3, -0.25) is 4.79 Å². The average molecular weight is 362 g/mol. The molecule has 1 amide bonds. The highest BCUT2D eigenvalue weighted by molar-refractivity contribution is 5.85. The summed E-state index contributed by atoms with van der Waals surface area (Å²) in [5.74, 6) is 0.105. The lowest BCUT2D eigenvalue weighted by Gasteiger charge is -2.23. The van der Waals surface area contributed by atoms with E-state index in [0.29, 0.717) is 13.0 Å². The Morgan fingerprint density at radius 3 is 2.24 bits per heavy atom. The highest BCUT2D eigenvalue weighted by atomic mass is 35.5. The zero-order chi connectivity index (χ0) is 17.2. The van der Waals surface area contributed by atoms with Crippen LogP contribution in [0.25, 0.3) is 0 Å². The molecule has 0 bridgehead atoms. The lowest BCUT2D eigenvalue weighted by atomic mass is 10.1. The second-order valence-corrected chi connectivity index (χ2v) is 5.73. The molecule has 2 N–H and O–H groups in total. The van der Waals surface area contributed by atoms with Crippen LogP contribution in [-0.4, -0.2) is 26.0 Å². The third-order valence-electron chi connectivity index (χ3n) is 3.95. The smallest absolute Gasteiger partial charge is 0.220 e. The summed E-state index contributed by atoms with van der Waals surface area (Å²) < 4.78 is 0. The number of anilines is 2. The Kier molecular flexibility index (Phi) is 9.66. The molecule has 0 saturated carbocycles. The summed E-state index contributed by atoms with van der Waals surface area (Å²) in [7, 11) is 1.90. The van der Waals surface area contributed by atoms with Gasteiger partial charge in [0.15, 0.2) is 0 Å². The van der Waals surface area contributed by atoms with E-state index in [9.17, 15) is 4.79 Å². The van der Waals surface area contributed by atoms with Crippen LogP contribution in [0.2, 0.25) is 0 Å². The SMILES string of the molecule is CCN(c1ccccc1)c1ccc(CNC(=O)CCCNC)cc1.Cl. The predicted molar refractivity (Wildman–Crippen MR) is 108 cm³/mol. The number of hydrogen-bond donors (Lipinski definition) is 2.